The van der Waals surface area contributed by atoms with E-state index in [2.05, 4.69) is 10.6 Å². The first kappa shape index (κ1) is 18.7. The molecule has 0 bridgehead atoms. The lowest BCUT2D eigenvalue weighted by atomic mass is 10.2. The van der Waals surface area contributed by atoms with Crippen LogP contribution in [0.5, 0.6) is 5.75 Å². The van der Waals surface area contributed by atoms with Crippen molar-refractivity contribution in [3.8, 4) is 5.75 Å². The summed E-state index contributed by atoms with van der Waals surface area (Å²) >= 11 is 0. The Bertz CT molecular complexity index is 839. The topological polar surface area (TPSA) is 70.7 Å². The number of carbonyl (C=O) groups excluding carboxylic acids is 2. The third-order valence-electron chi connectivity index (χ3n) is 4.60. The molecule has 0 radical (unpaired) electrons. The second kappa shape index (κ2) is 8.07. The average Bonchev–Trinajstić information content (AvgIpc) is 3.15. The Balaban J connectivity index is 1.65. The minimum Gasteiger partial charge on any atom is -0.497 e. The van der Waals surface area contributed by atoms with Gasteiger partial charge in [-0.25, -0.2) is 9.18 Å². The van der Waals surface area contributed by atoms with Crippen LogP contribution in [0, 0.1) is 12.7 Å². The van der Waals surface area contributed by atoms with Gasteiger partial charge in [-0.2, -0.15) is 0 Å². The first-order chi connectivity index (χ1) is 13.0. The van der Waals surface area contributed by atoms with Gasteiger partial charge in [-0.15, -0.1) is 0 Å². The number of carbonyl (C=O) groups is 2. The fraction of sp³-hybridized carbons (Fsp3) is 0.300. The second-order valence-electron chi connectivity index (χ2n) is 6.46. The molecule has 3 amide bonds. The van der Waals surface area contributed by atoms with E-state index in [1.54, 1.807) is 50.4 Å². The number of nitrogens with zero attached hydrogens (tertiary/aromatic N) is 1. The highest BCUT2D eigenvalue weighted by atomic mass is 19.1. The van der Waals surface area contributed by atoms with E-state index < -0.39 is 6.04 Å². The maximum atomic E-state index is 13.7. The molecule has 3 rings (SSSR count). The van der Waals surface area contributed by atoms with Crippen molar-refractivity contribution in [2.24, 2.45) is 0 Å². The average molecular weight is 371 g/mol. The normalized spacial score (nSPS) is 16.1. The molecule has 1 saturated heterocycles. The van der Waals surface area contributed by atoms with Gasteiger partial charge in [0.25, 0.3) is 0 Å². The van der Waals surface area contributed by atoms with Crippen molar-refractivity contribution in [1.29, 1.82) is 0 Å². The largest absolute Gasteiger partial charge is 0.497 e. The van der Waals surface area contributed by atoms with Crippen molar-refractivity contribution < 1.29 is 18.7 Å². The highest BCUT2D eigenvalue weighted by Gasteiger charge is 2.34. The summed E-state index contributed by atoms with van der Waals surface area (Å²) in [5.74, 6) is -0.00860. The molecule has 0 spiro atoms. The first-order valence-electron chi connectivity index (χ1n) is 8.76. The lowest BCUT2D eigenvalue weighted by Gasteiger charge is -2.24. The molecule has 0 aliphatic carbocycles. The number of nitrogens with one attached hydrogen (secondary N) is 2. The van der Waals surface area contributed by atoms with Crippen LogP contribution < -0.4 is 15.4 Å². The fourth-order valence-corrected chi connectivity index (χ4v) is 3.05. The number of urea groups is 1. The van der Waals surface area contributed by atoms with Crippen LogP contribution in [-0.4, -0.2) is 36.5 Å². The minimum atomic E-state index is -0.590. The maximum Gasteiger partial charge on any atom is 0.322 e. The fourth-order valence-electron chi connectivity index (χ4n) is 3.05. The quantitative estimate of drug-likeness (QED) is 0.859. The molecular weight excluding hydrogens is 349 g/mol. The van der Waals surface area contributed by atoms with E-state index in [1.165, 1.54) is 11.0 Å². The third kappa shape index (κ3) is 4.36. The molecule has 0 saturated carbocycles. The van der Waals surface area contributed by atoms with Crippen LogP contribution in [0.25, 0.3) is 0 Å². The van der Waals surface area contributed by atoms with Gasteiger partial charge in [0, 0.05) is 17.9 Å². The van der Waals surface area contributed by atoms with Crippen LogP contribution in [0.2, 0.25) is 0 Å². The summed E-state index contributed by atoms with van der Waals surface area (Å²) in [4.78, 5) is 26.7. The molecule has 2 aromatic rings. The number of aryl methyl sites for hydroxylation is 1. The van der Waals surface area contributed by atoms with Gasteiger partial charge in [-0.1, -0.05) is 6.07 Å². The van der Waals surface area contributed by atoms with Crippen molar-refractivity contribution in [3.63, 3.8) is 0 Å². The van der Waals surface area contributed by atoms with E-state index in [1.807, 2.05) is 0 Å². The van der Waals surface area contributed by atoms with E-state index >= 15 is 0 Å². The van der Waals surface area contributed by atoms with Crippen molar-refractivity contribution in [3.05, 3.63) is 53.8 Å². The van der Waals surface area contributed by atoms with Gasteiger partial charge >= 0.3 is 6.03 Å². The van der Waals surface area contributed by atoms with Crippen LogP contribution in [0.1, 0.15) is 18.4 Å². The predicted octanol–water partition coefficient (Wildman–Crippen LogP) is 3.78. The van der Waals surface area contributed by atoms with E-state index in [9.17, 15) is 14.0 Å². The zero-order valence-electron chi connectivity index (χ0n) is 15.3. The Kier molecular flexibility index (Phi) is 5.59. The second-order valence-corrected chi connectivity index (χ2v) is 6.46. The van der Waals surface area contributed by atoms with E-state index in [4.69, 9.17) is 4.74 Å². The maximum absolute atomic E-state index is 13.7. The lowest BCUT2D eigenvalue weighted by molar-refractivity contribution is -0.119. The summed E-state index contributed by atoms with van der Waals surface area (Å²) in [5.41, 5.74) is 1.51. The molecular formula is C20H22FN3O3. The SMILES string of the molecule is COc1ccc(NC(=O)N2CCCC2C(=O)Nc2ccc(C)c(F)c2)cc1. The highest BCUT2D eigenvalue weighted by Crippen LogP contribution is 2.22. The Hall–Kier alpha value is -3.09. The van der Waals surface area contributed by atoms with Crippen LogP contribution >= 0.6 is 0 Å². The number of likely N-dealkylation sites (tertiary alicyclic amines) is 1. The van der Waals surface area contributed by atoms with E-state index in [0.29, 0.717) is 35.7 Å². The first-order valence-corrected chi connectivity index (χ1v) is 8.76. The van der Waals surface area contributed by atoms with Crippen LogP contribution in [0.3, 0.4) is 0 Å². The number of rotatable bonds is 4. The van der Waals surface area contributed by atoms with Gasteiger partial charge in [0.1, 0.15) is 17.6 Å². The van der Waals surface area contributed by atoms with E-state index in [-0.39, 0.29) is 17.8 Å². The number of methoxy groups -OCH3 is 1. The molecule has 0 aromatic heterocycles. The summed E-state index contributed by atoms with van der Waals surface area (Å²) in [5, 5.41) is 5.49. The van der Waals surface area contributed by atoms with Gasteiger partial charge in [-0.3, -0.25) is 4.79 Å². The molecule has 2 aromatic carbocycles. The summed E-state index contributed by atoms with van der Waals surface area (Å²) in [7, 11) is 1.57. The van der Waals surface area contributed by atoms with Crippen LogP contribution in [0.15, 0.2) is 42.5 Å². The zero-order valence-corrected chi connectivity index (χ0v) is 15.3. The predicted molar refractivity (Wildman–Crippen MR) is 102 cm³/mol. The van der Waals surface area contributed by atoms with Gasteiger partial charge < -0.3 is 20.3 Å². The Morgan fingerprint density at radius 2 is 1.81 bits per heavy atom. The lowest BCUT2D eigenvalue weighted by Crippen LogP contribution is -2.45. The molecule has 6 nitrogen and oxygen atoms in total. The molecule has 1 heterocycles. The highest BCUT2D eigenvalue weighted by molar-refractivity contribution is 5.99. The van der Waals surface area contributed by atoms with Gasteiger partial charge in [0.15, 0.2) is 0 Å². The monoisotopic (exact) mass is 371 g/mol. The number of hydrogen-bond donors (Lipinski definition) is 2. The Morgan fingerprint density at radius 3 is 2.48 bits per heavy atom. The van der Waals surface area contributed by atoms with Crippen molar-refractivity contribution in [1.82, 2.24) is 4.90 Å². The van der Waals surface area contributed by atoms with Gasteiger partial charge in [0.2, 0.25) is 5.91 Å². The number of halogens is 1. The summed E-state index contributed by atoms with van der Waals surface area (Å²) in [6, 6.07) is 10.6. The number of anilines is 2. The van der Waals surface area contributed by atoms with Gasteiger partial charge in [0.05, 0.1) is 7.11 Å². The molecule has 142 valence electrons. The molecule has 2 N–H and O–H groups in total. The van der Waals surface area contributed by atoms with Crippen molar-refractivity contribution >= 4 is 23.3 Å². The number of amides is 3. The third-order valence-corrected chi connectivity index (χ3v) is 4.60. The van der Waals surface area contributed by atoms with E-state index in [0.717, 1.165) is 6.42 Å². The summed E-state index contributed by atoms with van der Waals surface area (Å²) in [6.45, 7) is 2.14. The Morgan fingerprint density at radius 1 is 1.11 bits per heavy atom. The minimum absolute atomic E-state index is 0.319. The molecule has 1 atom stereocenters. The number of benzene rings is 2. The molecule has 1 aliphatic heterocycles. The van der Waals surface area contributed by atoms with Crippen molar-refractivity contribution in [2.45, 2.75) is 25.8 Å². The zero-order chi connectivity index (χ0) is 19.4. The summed E-state index contributed by atoms with van der Waals surface area (Å²) in [6.07, 6.45) is 1.30. The smallest absolute Gasteiger partial charge is 0.322 e. The van der Waals surface area contributed by atoms with Crippen LogP contribution in [-0.2, 0) is 4.79 Å². The molecule has 1 aliphatic rings. The van der Waals surface area contributed by atoms with Crippen LogP contribution in [0.4, 0.5) is 20.6 Å². The standard InChI is InChI=1S/C20H22FN3O3/c1-13-5-6-15(12-17(13)21)22-19(25)18-4-3-11-24(18)20(26)23-14-7-9-16(27-2)10-8-14/h5-10,12,18H,3-4,11H2,1-2H3,(H,22,25)(H,23,26). The van der Waals surface area contributed by atoms with Gasteiger partial charge in [-0.05, 0) is 61.7 Å². The number of ether oxygens (including phenoxy) is 1. The Labute approximate surface area is 157 Å². The summed E-state index contributed by atoms with van der Waals surface area (Å²) < 4.78 is 18.8. The number of hydrogen-bond acceptors (Lipinski definition) is 3. The van der Waals surface area contributed by atoms with Crippen molar-refractivity contribution in [2.75, 3.05) is 24.3 Å². The molecule has 1 unspecified atom stereocenters. The molecule has 1 fully saturated rings. The molecule has 7 heteroatoms. The molecule has 27 heavy (non-hydrogen) atoms.